The lowest BCUT2D eigenvalue weighted by Gasteiger charge is -2.26. The van der Waals surface area contributed by atoms with Gasteiger partial charge in [-0.25, -0.2) is 18.4 Å². The zero-order chi connectivity index (χ0) is 45.5. The van der Waals surface area contributed by atoms with E-state index < -0.39 is 10.0 Å². The van der Waals surface area contributed by atoms with Crippen molar-refractivity contribution in [3.8, 4) is 0 Å². The lowest BCUT2D eigenvalue weighted by atomic mass is 9.80. The summed E-state index contributed by atoms with van der Waals surface area (Å²) < 4.78 is 27.3. The molecule has 6 heterocycles. The number of hydrogen-bond acceptors (Lipinski definition) is 8. The molecule has 0 bridgehead atoms. The van der Waals surface area contributed by atoms with E-state index in [2.05, 4.69) is 143 Å². The van der Waals surface area contributed by atoms with Crippen molar-refractivity contribution in [1.29, 1.82) is 0 Å². The molecule has 0 saturated carbocycles. The monoisotopic (exact) mass is 913 g/mol. The Kier molecular flexibility index (Phi) is 16.3. The van der Waals surface area contributed by atoms with Crippen LogP contribution in [0.2, 0.25) is 0 Å². The standard InChI is InChI=1S/C14H21NS.C13H19NS2.C12H22.C11H17NO2S2/c1-13(2,3)10-7-9-8-11(14(4,5)6)16-12(9)15-10;1-12(2,3)9-7-8-10(16-9)14-11(15-8)13(4,5)6;1-9(2)11-5-7-12(8-6-11)10(3)4;1-7(2)9-5-11-10(15-9)6-12(8(3)4)16(11,13)14/h8H,7H2,1-6H3;7H,1-6H3;5,9-10,12H,6-8H2,1-4H3;5,7-8H,6H2,1-4H3. The first-order chi connectivity index (χ1) is 27.3. The van der Waals surface area contributed by atoms with Crippen LogP contribution in [0.1, 0.15) is 194 Å². The van der Waals surface area contributed by atoms with Crippen molar-refractivity contribution < 1.29 is 8.42 Å². The summed E-state index contributed by atoms with van der Waals surface area (Å²) in [4.78, 5) is 16.3. The molecule has 0 amide bonds. The molecule has 4 aromatic rings. The van der Waals surface area contributed by atoms with Crippen LogP contribution in [0, 0.1) is 23.2 Å². The van der Waals surface area contributed by atoms with Crippen LogP contribution in [0.5, 0.6) is 0 Å². The van der Waals surface area contributed by atoms with Crippen molar-refractivity contribution in [2.75, 3.05) is 0 Å². The SMILES string of the molecule is CC(C)(C)C1=Nc2sc(C(C)(C)C)cc2C1.CC(C)(C)c1cc2sc(C(C)(C)C)nc2s1.CC(C)C1=CCC(C(C)C)CC1.CC(C)c1cc2c(s1)CN(C(C)C)S2(=O)=O. The van der Waals surface area contributed by atoms with Crippen LogP contribution in [-0.4, -0.2) is 29.5 Å². The summed E-state index contributed by atoms with van der Waals surface area (Å²) in [7, 11) is -3.21. The quantitative estimate of drug-likeness (QED) is 0.192. The molecule has 1 atom stereocenters. The van der Waals surface area contributed by atoms with Crippen molar-refractivity contribution >= 4 is 75.6 Å². The summed E-state index contributed by atoms with van der Waals surface area (Å²) in [5.41, 5.74) is 5.33. The molecule has 0 spiro atoms. The minimum Gasteiger partial charge on any atom is -0.246 e. The summed E-state index contributed by atoms with van der Waals surface area (Å²) in [6.45, 7) is 44.8. The van der Waals surface area contributed by atoms with Gasteiger partial charge in [-0.1, -0.05) is 136 Å². The predicted octanol–water partition coefficient (Wildman–Crippen LogP) is 16.5. The Balaban J connectivity index is 0.000000178. The fourth-order valence-corrected chi connectivity index (χ4v) is 13.9. The molecule has 60 heavy (non-hydrogen) atoms. The normalized spacial score (nSPS) is 18.2. The number of fused-ring (bicyclic) bond motifs is 3. The number of nitrogens with zero attached hydrogens (tertiary/aromatic N) is 3. The van der Waals surface area contributed by atoms with Crippen LogP contribution in [0.25, 0.3) is 9.53 Å². The van der Waals surface area contributed by atoms with Crippen molar-refractivity contribution in [1.82, 2.24) is 9.29 Å². The van der Waals surface area contributed by atoms with Gasteiger partial charge in [-0.15, -0.1) is 45.3 Å². The Morgan fingerprint density at radius 3 is 1.73 bits per heavy atom. The van der Waals surface area contributed by atoms with Crippen molar-refractivity contribution in [2.24, 2.45) is 28.2 Å². The minimum absolute atomic E-state index is 0.0344. The van der Waals surface area contributed by atoms with E-state index in [4.69, 9.17) is 9.98 Å². The molecule has 1 aliphatic carbocycles. The lowest BCUT2D eigenvalue weighted by molar-refractivity contribution is 0.344. The zero-order valence-corrected chi connectivity index (χ0v) is 45.0. The molecule has 0 radical (unpaired) electrons. The predicted molar refractivity (Wildman–Crippen MR) is 270 cm³/mol. The number of thiophene rings is 3. The number of aromatic nitrogens is 1. The molecule has 7 rings (SSSR count). The van der Waals surface area contributed by atoms with E-state index in [1.807, 2.05) is 53.9 Å². The maximum absolute atomic E-state index is 12.2. The Hall–Kier alpha value is -1.69. The van der Waals surface area contributed by atoms with Crippen LogP contribution in [0.4, 0.5) is 5.00 Å². The van der Waals surface area contributed by atoms with E-state index in [9.17, 15) is 8.42 Å². The summed E-state index contributed by atoms with van der Waals surface area (Å²) >= 11 is 7.17. The zero-order valence-electron chi connectivity index (χ0n) is 40.9. The Morgan fingerprint density at radius 2 is 1.32 bits per heavy atom. The number of thiazole rings is 1. The summed E-state index contributed by atoms with van der Waals surface area (Å²) in [5, 5.41) is 2.49. The van der Waals surface area contributed by atoms with Gasteiger partial charge in [0.2, 0.25) is 10.0 Å². The highest BCUT2D eigenvalue weighted by molar-refractivity contribution is 7.89. The molecule has 0 saturated heterocycles. The fraction of sp³-hybridized carbons (Fsp3) is 0.680. The maximum Gasteiger partial charge on any atom is 0.244 e. The molecule has 0 aromatic carbocycles. The van der Waals surface area contributed by atoms with Crippen molar-refractivity contribution in [3.63, 3.8) is 0 Å². The summed E-state index contributed by atoms with van der Waals surface area (Å²) in [6.07, 6.45) is 7.62. The van der Waals surface area contributed by atoms with E-state index in [1.54, 1.807) is 21.2 Å². The van der Waals surface area contributed by atoms with Crippen LogP contribution in [-0.2, 0) is 39.2 Å². The van der Waals surface area contributed by atoms with Gasteiger partial charge in [-0.05, 0) is 91.4 Å². The van der Waals surface area contributed by atoms with Gasteiger partial charge in [0.15, 0.2) is 0 Å². The molecule has 5 nitrogen and oxygen atoms in total. The third kappa shape index (κ3) is 12.7. The summed E-state index contributed by atoms with van der Waals surface area (Å²) in [5.74, 6) is 3.00. The lowest BCUT2D eigenvalue weighted by Crippen LogP contribution is -2.31. The molecule has 2 aliphatic heterocycles. The molecule has 0 N–H and O–H groups in total. The van der Waals surface area contributed by atoms with Gasteiger partial charge >= 0.3 is 0 Å². The van der Waals surface area contributed by atoms with E-state index >= 15 is 0 Å². The van der Waals surface area contributed by atoms with Crippen molar-refractivity contribution in [3.05, 3.63) is 59.9 Å². The first kappa shape index (κ1) is 50.9. The Bertz CT molecular complexity index is 2150. The molecule has 4 aromatic heterocycles. The van der Waals surface area contributed by atoms with Gasteiger partial charge < -0.3 is 0 Å². The fourth-order valence-electron chi connectivity index (χ4n) is 7.07. The van der Waals surface area contributed by atoms with Crippen LogP contribution in [0.15, 0.2) is 39.7 Å². The highest BCUT2D eigenvalue weighted by Gasteiger charge is 2.38. The average Bonchev–Trinajstić information content (AvgIpc) is 3.92. The van der Waals surface area contributed by atoms with Gasteiger partial charge in [-0.2, -0.15) is 4.31 Å². The first-order valence-corrected chi connectivity index (χ1v) is 27.0. The molecule has 0 fully saturated rings. The molecule has 3 aliphatic rings. The number of allylic oxidation sites excluding steroid dienone is 2. The maximum atomic E-state index is 12.2. The molecular formula is C50H79N3O2S5. The van der Waals surface area contributed by atoms with Crippen molar-refractivity contribution in [2.45, 2.75) is 204 Å². The highest BCUT2D eigenvalue weighted by Crippen LogP contribution is 2.44. The van der Waals surface area contributed by atoms with Gasteiger partial charge in [-0.3, -0.25) is 0 Å². The second-order valence-corrected chi connectivity index (χ2v) is 28.5. The molecule has 10 heteroatoms. The largest absolute Gasteiger partial charge is 0.246 e. The van der Waals surface area contributed by atoms with Crippen LogP contribution in [0.3, 0.4) is 0 Å². The third-order valence-electron chi connectivity index (χ3n) is 11.4. The highest BCUT2D eigenvalue weighted by atomic mass is 32.2. The third-order valence-corrected chi connectivity index (χ3v) is 19.6. The second kappa shape index (κ2) is 19.2. The van der Waals surface area contributed by atoms with E-state index in [-0.39, 0.29) is 27.7 Å². The average molecular weight is 915 g/mol. The van der Waals surface area contributed by atoms with Gasteiger partial charge in [0, 0.05) is 55.1 Å². The second-order valence-electron chi connectivity index (χ2n) is 22.4. The number of sulfonamides is 1. The van der Waals surface area contributed by atoms with Crippen LogP contribution < -0.4 is 0 Å². The van der Waals surface area contributed by atoms with E-state index in [0.717, 1.165) is 33.9 Å². The minimum atomic E-state index is -3.21. The first-order valence-electron chi connectivity index (χ1n) is 22.3. The topological polar surface area (TPSA) is 62.6 Å². The Morgan fingerprint density at radius 1 is 0.717 bits per heavy atom. The molecule has 1 unspecified atom stereocenters. The summed E-state index contributed by atoms with van der Waals surface area (Å²) in [6, 6.07) is 6.55. The Labute approximate surface area is 382 Å². The van der Waals surface area contributed by atoms with Gasteiger partial charge in [0.1, 0.15) is 14.8 Å². The molecule has 336 valence electrons. The number of hydrogen-bond donors (Lipinski definition) is 0. The van der Waals surface area contributed by atoms with E-state index in [1.165, 1.54) is 59.8 Å². The molecular weight excluding hydrogens is 835 g/mol. The smallest absolute Gasteiger partial charge is 0.244 e. The number of rotatable bonds is 4. The van der Waals surface area contributed by atoms with E-state index in [0.29, 0.717) is 17.4 Å². The van der Waals surface area contributed by atoms with Crippen LogP contribution >= 0.6 is 45.3 Å². The van der Waals surface area contributed by atoms with Gasteiger partial charge in [0.05, 0.1) is 9.60 Å². The van der Waals surface area contributed by atoms with Gasteiger partial charge in [0.25, 0.3) is 0 Å². The number of aliphatic imine (C=N–C) groups is 1.